The molecule has 2 aromatic heterocycles. The Kier molecular flexibility index (Phi) is 4.76. The Balaban J connectivity index is 1.89. The molecule has 0 aliphatic heterocycles. The van der Waals surface area contributed by atoms with Gasteiger partial charge < -0.3 is 0 Å². The Bertz CT molecular complexity index is 1760. The van der Waals surface area contributed by atoms with Gasteiger partial charge in [-0.2, -0.15) is 0 Å². The molecular weight excluding hydrogens is 487 g/mol. The fourth-order valence-corrected chi connectivity index (χ4v) is 7.01. The van der Waals surface area contributed by atoms with Gasteiger partial charge in [0.25, 0.3) is 0 Å². The summed E-state index contributed by atoms with van der Waals surface area (Å²) in [6.45, 7) is 7.70. The first kappa shape index (κ1) is 19.6. The maximum atomic E-state index is 9.26. The van der Waals surface area contributed by atoms with E-state index in [2.05, 4.69) is 43.3 Å². The molecule has 0 aliphatic carbocycles. The van der Waals surface area contributed by atoms with Crippen LogP contribution in [0.4, 0.5) is 0 Å². The molecule has 0 saturated heterocycles. The number of hydrogen-bond donors (Lipinski definition) is 0. The van der Waals surface area contributed by atoms with Crippen molar-refractivity contribution in [3.05, 3.63) is 77.5 Å². The number of rotatable bonds is 4. The Morgan fingerprint density at radius 3 is 2.29 bits per heavy atom. The zero-order chi connectivity index (χ0) is 28.7. The van der Waals surface area contributed by atoms with Crippen LogP contribution in [-0.2, 0) is 18.6 Å². The first-order chi connectivity index (χ1) is 18.0. The normalized spacial score (nSPS) is 15.3. The number of pyridine rings is 1. The van der Waals surface area contributed by atoms with Crippen molar-refractivity contribution in [2.24, 2.45) is 12.5 Å². The molecule has 3 aromatic carbocycles. The second-order valence-corrected chi connectivity index (χ2v) is 21.7. The van der Waals surface area contributed by atoms with Gasteiger partial charge in [0.05, 0.1) is 0 Å². The van der Waals surface area contributed by atoms with E-state index in [0.717, 1.165) is 49.5 Å². The second-order valence-electron chi connectivity index (χ2n) is 11.7. The molecule has 0 amide bonds. The molecule has 0 saturated carbocycles. The van der Waals surface area contributed by atoms with E-state index in [-0.39, 0.29) is 0 Å². The molecule has 180 valence electrons. The van der Waals surface area contributed by atoms with Crippen LogP contribution in [0.15, 0.2) is 65.2 Å². The molecule has 0 aliphatic rings. The number of hydrogen-bond acceptors (Lipinski definition) is 1. The van der Waals surface area contributed by atoms with Crippen molar-refractivity contribution in [2.75, 3.05) is 0 Å². The predicted molar refractivity (Wildman–Crippen MR) is 153 cm³/mol. The molecule has 0 radical (unpaired) electrons. The number of aryl methyl sites for hydroxylation is 2. The summed E-state index contributed by atoms with van der Waals surface area (Å²) in [5.74, 6) is 6.15. The quantitative estimate of drug-likeness (QED) is 0.169. The summed E-state index contributed by atoms with van der Waals surface area (Å²) in [4.78, 5) is 0. The van der Waals surface area contributed by atoms with Crippen LogP contribution in [0, 0.1) is 12.3 Å². The van der Waals surface area contributed by atoms with Crippen LogP contribution in [-0.4, -0.2) is 13.3 Å². The first-order valence-electron chi connectivity index (χ1n) is 14.4. The molecule has 3 heteroatoms. The average Bonchev–Trinajstić information content (AvgIpc) is 3.21. The summed E-state index contributed by atoms with van der Waals surface area (Å²) >= 11 is -2.96. The minimum atomic E-state index is -2.96. The Morgan fingerprint density at radius 2 is 1.57 bits per heavy atom. The molecule has 0 spiro atoms. The number of fused-ring (bicyclic) bond motifs is 5. The van der Waals surface area contributed by atoms with Crippen LogP contribution in [0.5, 0.6) is 0 Å². The van der Waals surface area contributed by atoms with Crippen molar-refractivity contribution in [2.45, 2.75) is 56.5 Å². The zero-order valence-corrected chi connectivity index (χ0v) is 24.2. The fraction of sp³-hybridized carbons (Fsp3) is 0.344. The van der Waals surface area contributed by atoms with Crippen LogP contribution < -0.4 is 4.57 Å². The van der Waals surface area contributed by atoms with E-state index in [1.165, 1.54) is 0 Å². The van der Waals surface area contributed by atoms with Crippen molar-refractivity contribution in [1.29, 1.82) is 0 Å². The third-order valence-corrected chi connectivity index (χ3v) is 8.43. The number of furan rings is 1. The molecular formula is C32H38GeNO+. The summed E-state index contributed by atoms with van der Waals surface area (Å²) in [6.07, 6.45) is 0.0686. The number of benzene rings is 3. The van der Waals surface area contributed by atoms with Crippen molar-refractivity contribution >= 4 is 46.0 Å². The first-order valence-corrected chi connectivity index (χ1v) is 19.7. The monoisotopic (exact) mass is 530 g/mol. The summed E-state index contributed by atoms with van der Waals surface area (Å²) in [6, 6.07) is 18.5. The standard InChI is InChI=1S/C32H38GeNO/c1-21-13-15-27-26-16-14-22-11-9-10-12-25(22)30(26)35-31(27)29(21)28-17-23(18-32(2,3)4)24(20-34(28)8)19-33(5,6)7/h9-17,20H,18-19H2,1-8H3/q+1/i18D2,19D2. The van der Waals surface area contributed by atoms with Crippen LogP contribution in [0.2, 0.25) is 17.3 Å². The van der Waals surface area contributed by atoms with E-state index in [9.17, 15) is 5.48 Å². The minimum absolute atomic E-state index is 0.423. The van der Waals surface area contributed by atoms with Gasteiger partial charge in [-0.25, -0.2) is 0 Å². The van der Waals surface area contributed by atoms with Gasteiger partial charge in [0.2, 0.25) is 0 Å². The molecule has 0 N–H and O–H groups in total. The van der Waals surface area contributed by atoms with E-state index >= 15 is 0 Å². The van der Waals surface area contributed by atoms with Crippen molar-refractivity contribution < 1.29 is 14.5 Å². The molecule has 5 aromatic rings. The van der Waals surface area contributed by atoms with E-state index in [4.69, 9.17) is 4.42 Å². The van der Waals surface area contributed by atoms with Gasteiger partial charge in [0.15, 0.2) is 0 Å². The van der Waals surface area contributed by atoms with E-state index in [1.807, 2.05) is 74.1 Å². The number of nitrogens with zero attached hydrogens (tertiary/aromatic N) is 1. The van der Waals surface area contributed by atoms with Crippen LogP contribution in [0.1, 0.15) is 42.9 Å². The molecule has 0 bridgehead atoms. The molecule has 0 unspecified atom stereocenters. The Hall–Kier alpha value is -2.59. The molecule has 35 heavy (non-hydrogen) atoms. The van der Waals surface area contributed by atoms with Gasteiger partial charge in [-0.1, -0.05) is 6.07 Å². The van der Waals surface area contributed by atoms with Gasteiger partial charge in [-0.05, 0) is 0 Å². The molecule has 2 heterocycles. The summed E-state index contributed by atoms with van der Waals surface area (Å²) in [5.41, 5.74) is 4.50. The van der Waals surface area contributed by atoms with E-state index in [1.54, 1.807) is 0 Å². The van der Waals surface area contributed by atoms with E-state index in [0.29, 0.717) is 11.1 Å². The third kappa shape index (κ3) is 4.65. The topological polar surface area (TPSA) is 17.0 Å². The second kappa shape index (κ2) is 8.52. The Labute approximate surface area is 217 Å². The molecule has 0 atom stereocenters. The maximum absolute atomic E-state index is 9.26. The molecule has 2 nitrogen and oxygen atoms in total. The summed E-state index contributed by atoms with van der Waals surface area (Å²) in [7, 11) is 1.93. The van der Waals surface area contributed by atoms with Crippen molar-refractivity contribution in [1.82, 2.24) is 0 Å². The SMILES string of the molecule is [2H]C([2H])(c1cc(-c2c(C)ccc3c2oc2c4ccccc4ccc32)[n+](C)cc1[C]([2H])([2H])[Ge]([CH3])([CH3])[CH3])C(C)(C)C. The molecule has 0 fully saturated rings. The predicted octanol–water partition coefficient (Wildman–Crippen LogP) is 8.55. The van der Waals surface area contributed by atoms with Crippen LogP contribution in [0.3, 0.4) is 0 Å². The van der Waals surface area contributed by atoms with Crippen molar-refractivity contribution in [3.63, 3.8) is 0 Å². The van der Waals surface area contributed by atoms with Gasteiger partial charge >= 0.3 is 212 Å². The van der Waals surface area contributed by atoms with Crippen molar-refractivity contribution in [3.8, 4) is 11.3 Å². The van der Waals surface area contributed by atoms with Gasteiger partial charge in [0, 0.05) is 0 Å². The summed E-state index contributed by atoms with van der Waals surface area (Å²) < 4.78 is 45.5. The van der Waals surface area contributed by atoms with Gasteiger partial charge in [0.1, 0.15) is 0 Å². The molecule has 5 rings (SSSR count). The van der Waals surface area contributed by atoms with Gasteiger partial charge in [-0.15, -0.1) is 0 Å². The van der Waals surface area contributed by atoms with Crippen LogP contribution >= 0.6 is 0 Å². The fourth-order valence-electron chi connectivity index (χ4n) is 4.89. The van der Waals surface area contributed by atoms with Gasteiger partial charge in [-0.3, -0.25) is 0 Å². The average molecular weight is 529 g/mol. The summed E-state index contributed by atoms with van der Waals surface area (Å²) in [5, 5.41) is 2.66. The third-order valence-electron chi connectivity index (χ3n) is 6.29. The number of aromatic nitrogens is 1. The van der Waals surface area contributed by atoms with Crippen LogP contribution in [0.25, 0.3) is 44.0 Å². The Morgan fingerprint density at radius 1 is 0.886 bits per heavy atom. The zero-order valence-electron chi connectivity index (χ0n) is 26.1. The van der Waals surface area contributed by atoms with E-state index < -0.39 is 30.3 Å².